The third-order valence-corrected chi connectivity index (χ3v) is 7.86. The average molecular weight is 607 g/mol. The van der Waals surface area contributed by atoms with Gasteiger partial charge in [-0.25, -0.2) is 9.78 Å². The van der Waals surface area contributed by atoms with Crippen molar-refractivity contribution in [3.63, 3.8) is 0 Å². The van der Waals surface area contributed by atoms with Gasteiger partial charge in [-0.2, -0.15) is 0 Å². The molecule has 3 aromatic carbocycles. The van der Waals surface area contributed by atoms with Gasteiger partial charge in [0.25, 0.3) is 0 Å². The first kappa shape index (κ1) is 29.7. The molecule has 218 valence electrons. The third kappa shape index (κ3) is 7.52. The number of nitrogens with zero attached hydrogens (tertiary/aromatic N) is 2. The third-order valence-electron chi connectivity index (χ3n) is 7.31. The zero-order valence-corrected chi connectivity index (χ0v) is 24.9. The van der Waals surface area contributed by atoms with Crippen molar-refractivity contribution in [3.05, 3.63) is 105 Å². The van der Waals surface area contributed by atoms with Crippen LogP contribution in [0.3, 0.4) is 0 Å². The van der Waals surface area contributed by atoms with Crippen molar-refractivity contribution in [1.29, 1.82) is 0 Å². The fourth-order valence-corrected chi connectivity index (χ4v) is 5.26. The summed E-state index contributed by atoms with van der Waals surface area (Å²) < 4.78 is 8.05. The summed E-state index contributed by atoms with van der Waals surface area (Å²) in [6.07, 6.45) is 6.41. The highest BCUT2D eigenvalue weighted by atomic mass is 35.5. The summed E-state index contributed by atoms with van der Waals surface area (Å²) in [5, 5.41) is 13.4. The molecule has 0 spiro atoms. The van der Waals surface area contributed by atoms with Crippen LogP contribution in [0.25, 0.3) is 11.3 Å². The van der Waals surface area contributed by atoms with Gasteiger partial charge in [0.15, 0.2) is 0 Å². The Morgan fingerprint density at radius 2 is 1.76 bits per heavy atom. The topological polar surface area (TPSA) is 93.5 Å². The number of aryl methyl sites for hydroxylation is 1. The van der Waals surface area contributed by atoms with E-state index < -0.39 is 5.97 Å². The number of carbonyl (C=O) groups excluding carboxylic acids is 1. The van der Waals surface area contributed by atoms with Crippen LogP contribution in [0.1, 0.15) is 66.0 Å². The number of aromatic carboxylic acids is 1. The van der Waals surface area contributed by atoms with Crippen LogP contribution in [0.4, 0.5) is 0 Å². The Balaban J connectivity index is 1.36. The van der Waals surface area contributed by atoms with Crippen molar-refractivity contribution in [1.82, 2.24) is 14.9 Å². The Labute approximate surface area is 255 Å². The van der Waals surface area contributed by atoms with Crippen LogP contribution in [0.2, 0.25) is 10.0 Å². The monoisotopic (exact) mass is 605 g/mol. The standard InChI is InChI=1S/C33H33Cl2N3O4/c1-2-3-16-38-19-30(27-15-12-25(34)18-28(27)35)36-31(38)29(37-32(39)23-10-11-23)17-21-6-13-26(14-7-21)42-20-22-4-8-24(9-5-22)33(40)41/h4-9,12-15,18-19,23,29H,2-3,10-11,16-17,20H2,1H3,(H,37,39)(H,40,41)/t29-/m0/s1. The lowest BCUT2D eigenvalue weighted by molar-refractivity contribution is -0.123. The zero-order valence-electron chi connectivity index (χ0n) is 23.4. The maximum Gasteiger partial charge on any atom is 0.335 e. The molecule has 1 aromatic heterocycles. The van der Waals surface area contributed by atoms with E-state index in [2.05, 4.69) is 16.8 Å². The summed E-state index contributed by atoms with van der Waals surface area (Å²) in [5.74, 6) is 0.664. The molecule has 0 unspecified atom stereocenters. The first-order valence-electron chi connectivity index (χ1n) is 14.2. The molecule has 1 heterocycles. The van der Waals surface area contributed by atoms with Gasteiger partial charge in [-0.1, -0.05) is 60.8 Å². The smallest absolute Gasteiger partial charge is 0.335 e. The Bertz CT molecular complexity index is 1550. The van der Waals surface area contributed by atoms with E-state index in [9.17, 15) is 9.59 Å². The van der Waals surface area contributed by atoms with E-state index in [4.69, 9.17) is 38.0 Å². The fraction of sp³-hybridized carbons (Fsp3) is 0.303. The number of carboxylic acid groups (broad SMARTS) is 1. The lowest BCUT2D eigenvalue weighted by atomic mass is 10.0. The maximum atomic E-state index is 13.0. The quantitative estimate of drug-likeness (QED) is 0.162. The van der Waals surface area contributed by atoms with Gasteiger partial charge in [0.1, 0.15) is 18.2 Å². The first-order chi connectivity index (χ1) is 20.3. The number of unbranched alkanes of at least 4 members (excludes halogenated alkanes) is 1. The normalized spacial score (nSPS) is 13.5. The van der Waals surface area contributed by atoms with Gasteiger partial charge >= 0.3 is 5.97 Å². The van der Waals surface area contributed by atoms with Crippen molar-refractivity contribution in [2.45, 2.75) is 58.2 Å². The lowest BCUT2D eigenvalue weighted by Crippen LogP contribution is -2.33. The summed E-state index contributed by atoms with van der Waals surface area (Å²) in [4.78, 5) is 29.1. The molecule has 2 N–H and O–H groups in total. The van der Waals surface area contributed by atoms with Crippen LogP contribution >= 0.6 is 23.2 Å². The van der Waals surface area contributed by atoms with E-state index in [1.165, 1.54) is 0 Å². The number of halogens is 2. The molecule has 1 atom stereocenters. The highest BCUT2D eigenvalue weighted by molar-refractivity contribution is 6.36. The molecule has 1 amide bonds. The summed E-state index contributed by atoms with van der Waals surface area (Å²) >= 11 is 12.7. The molecule has 7 nitrogen and oxygen atoms in total. The number of hydrogen-bond acceptors (Lipinski definition) is 4. The Kier molecular flexibility index (Phi) is 9.50. The number of ether oxygens (including phenoxy) is 1. The van der Waals surface area contributed by atoms with E-state index in [-0.39, 0.29) is 23.4 Å². The van der Waals surface area contributed by atoms with Crippen molar-refractivity contribution in [2.75, 3.05) is 0 Å². The van der Waals surface area contributed by atoms with Gasteiger partial charge in [-0.15, -0.1) is 0 Å². The highest BCUT2D eigenvalue weighted by Gasteiger charge is 2.32. The number of nitrogens with one attached hydrogen (secondary N) is 1. The molecular weight excluding hydrogens is 573 g/mol. The van der Waals surface area contributed by atoms with Crippen molar-refractivity contribution < 1.29 is 19.4 Å². The SMILES string of the molecule is CCCCn1cc(-c2ccc(Cl)cc2Cl)nc1[C@H](Cc1ccc(OCc2ccc(C(=O)O)cc2)cc1)NC(=O)C1CC1. The van der Waals surface area contributed by atoms with Gasteiger partial charge in [0, 0.05) is 29.2 Å². The molecule has 0 radical (unpaired) electrons. The number of imidazole rings is 1. The van der Waals surface area contributed by atoms with Crippen molar-refractivity contribution >= 4 is 35.1 Å². The summed E-state index contributed by atoms with van der Waals surface area (Å²) in [6, 6.07) is 19.5. The number of rotatable bonds is 13. The van der Waals surface area contributed by atoms with E-state index in [1.54, 1.807) is 36.4 Å². The minimum atomic E-state index is -0.956. The molecule has 0 saturated heterocycles. The predicted octanol–water partition coefficient (Wildman–Crippen LogP) is 7.74. The Morgan fingerprint density at radius 3 is 2.40 bits per heavy atom. The molecule has 42 heavy (non-hydrogen) atoms. The summed E-state index contributed by atoms with van der Waals surface area (Å²) in [6.45, 7) is 3.25. The molecule has 1 saturated carbocycles. The fourth-order valence-electron chi connectivity index (χ4n) is 4.75. The second-order valence-electron chi connectivity index (χ2n) is 10.6. The number of hydrogen-bond donors (Lipinski definition) is 2. The lowest BCUT2D eigenvalue weighted by Gasteiger charge is -2.20. The van der Waals surface area contributed by atoms with Gasteiger partial charge in [0.05, 0.1) is 22.3 Å². The van der Waals surface area contributed by atoms with Gasteiger partial charge < -0.3 is 19.7 Å². The first-order valence-corrected chi connectivity index (χ1v) is 14.9. The average Bonchev–Trinajstić information content (AvgIpc) is 3.75. The van der Waals surface area contributed by atoms with E-state index >= 15 is 0 Å². The number of carbonyl (C=O) groups is 2. The number of aromatic nitrogens is 2. The molecule has 1 aliphatic rings. The highest BCUT2D eigenvalue weighted by Crippen LogP contribution is 2.33. The van der Waals surface area contributed by atoms with Crippen LogP contribution in [0.15, 0.2) is 72.9 Å². The molecule has 1 fully saturated rings. The maximum absolute atomic E-state index is 13.0. The van der Waals surface area contributed by atoms with E-state index in [0.29, 0.717) is 28.8 Å². The zero-order chi connectivity index (χ0) is 29.6. The van der Waals surface area contributed by atoms with E-state index in [0.717, 1.165) is 60.4 Å². The second kappa shape index (κ2) is 13.4. The Morgan fingerprint density at radius 1 is 1.05 bits per heavy atom. The summed E-state index contributed by atoms with van der Waals surface area (Å²) in [5.41, 5.74) is 3.69. The van der Waals surface area contributed by atoms with Gasteiger partial charge in [-0.05, 0) is 79.3 Å². The van der Waals surface area contributed by atoms with Crippen LogP contribution in [0.5, 0.6) is 5.75 Å². The van der Waals surface area contributed by atoms with Crippen LogP contribution in [0, 0.1) is 5.92 Å². The number of carboxylic acids is 1. The van der Waals surface area contributed by atoms with Crippen molar-refractivity contribution in [2.24, 2.45) is 5.92 Å². The Hall–Kier alpha value is -3.81. The molecule has 0 aliphatic heterocycles. The van der Waals surface area contributed by atoms with Crippen LogP contribution in [-0.4, -0.2) is 26.5 Å². The molecule has 4 aromatic rings. The second-order valence-corrected chi connectivity index (χ2v) is 11.5. The summed E-state index contributed by atoms with van der Waals surface area (Å²) in [7, 11) is 0. The largest absolute Gasteiger partial charge is 0.489 e. The molecule has 9 heteroatoms. The molecule has 0 bridgehead atoms. The molecule has 1 aliphatic carbocycles. The van der Waals surface area contributed by atoms with Gasteiger partial charge in [-0.3, -0.25) is 4.79 Å². The van der Waals surface area contributed by atoms with Crippen molar-refractivity contribution in [3.8, 4) is 17.0 Å². The number of benzene rings is 3. The molecular formula is C33H33Cl2N3O4. The van der Waals surface area contributed by atoms with Gasteiger partial charge in [0.2, 0.25) is 5.91 Å². The van der Waals surface area contributed by atoms with E-state index in [1.807, 2.05) is 36.5 Å². The minimum Gasteiger partial charge on any atom is -0.489 e. The molecule has 5 rings (SSSR count). The van der Waals surface area contributed by atoms with Crippen LogP contribution < -0.4 is 10.1 Å². The minimum absolute atomic E-state index is 0.0602. The number of amides is 1. The van der Waals surface area contributed by atoms with Crippen LogP contribution in [-0.2, 0) is 24.4 Å². The predicted molar refractivity (Wildman–Crippen MR) is 164 cm³/mol.